The molecular weight excluding hydrogens is 442 g/mol. The van der Waals surface area contributed by atoms with Gasteiger partial charge in [0, 0.05) is 6.54 Å². The van der Waals surface area contributed by atoms with Gasteiger partial charge >= 0.3 is 5.97 Å². The number of aromatic carboxylic acids is 1. The van der Waals surface area contributed by atoms with Crippen molar-refractivity contribution in [2.75, 3.05) is 7.11 Å². The maximum absolute atomic E-state index is 13.6. The van der Waals surface area contributed by atoms with Gasteiger partial charge < -0.3 is 19.9 Å². The van der Waals surface area contributed by atoms with E-state index in [1.807, 2.05) is 54.6 Å². The number of methoxy groups -OCH3 is 1. The predicted molar refractivity (Wildman–Crippen MR) is 134 cm³/mol. The van der Waals surface area contributed by atoms with Gasteiger partial charge in [0.2, 0.25) is 5.91 Å². The number of carboxylic acids is 1. The van der Waals surface area contributed by atoms with E-state index in [0.29, 0.717) is 36.3 Å². The van der Waals surface area contributed by atoms with E-state index in [0.717, 1.165) is 18.4 Å². The van der Waals surface area contributed by atoms with E-state index in [1.165, 1.54) is 0 Å². The summed E-state index contributed by atoms with van der Waals surface area (Å²) in [6.45, 7) is 0.180. The lowest BCUT2D eigenvalue weighted by atomic mass is 9.68. The summed E-state index contributed by atoms with van der Waals surface area (Å²) in [5.74, 6) is 0.369. The van der Waals surface area contributed by atoms with Crippen LogP contribution in [0.3, 0.4) is 0 Å². The number of benzene rings is 3. The van der Waals surface area contributed by atoms with E-state index in [-0.39, 0.29) is 24.1 Å². The minimum absolute atomic E-state index is 0.00395. The Kier molecular flexibility index (Phi) is 7.70. The molecule has 2 N–H and O–H groups in total. The number of nitrogens with one attached hydrogen (secondary N) is 1. The largest absolute Gasteiger partial charge is 0.493 e. The average molecular weight is 474 g/mol. The fourth-order valence-electron chi connectivity index (χ4n) is 4.87. The molecule has 0 unspecified atom stereocenters. The summed E-state index contributed by atoms with van der Waals surface area (Å²) < 4.78 is 11.7. The molecule has 182 valence electrons. The lowest BCUT2D eigenvalue weighted by molar-refractivity contribution is -0.134. The Morgan fingerprint density at radius 1 is 0.914 bits per heavy atom. The number of rotatable bonds is 9. The first kappa shape index (κ1) is 24.3. The Bertz CT molecular complexity index is 1150. The first-order valence-corrected chi connectivity index (χ1v) is 11.9. The molecule has 6 nitrogen and oxygen atoms in total. The molecule has 0 saturated heterocycles. The number of para-hydroxylation sites is 2. The highest BCUT2D eigenvalue weighted by molar-refractivity contribution is 5.89. The molecule has 0 radical (unpaired) electrons. The van der Waals surface area contributed by atoms with Crippen LogP contribution < -0.4 is 14.8 Å². The van der Waals surface area contributed by atoms with Gasteiger partial charge in [0.1, 0.15) is 0 Å². The van der Waals surface area contributed by atoms with Gasteiger partial charge in [-0.3, -0.25) is 4.79 Å². The van der Waals surface area contributed by atoms with Crippen LogP contribution in [0.1, 0.15) is 47.2 Å². The zero-order valence-electron chi connectivity index (χ0n) is 19.9. The second-order valence-electron chi connectivity index (χ2n) is 9.06. The SMILES string of the molecule is COc1ccccc1OC1CCC(Cc2ccccc2)(C(=O)NCc2ccccc2C(=O)O)CC1. The Morgan fingerprint density at radius 2 is 1.54 bits per heavy atom. The van der Waals surface area contributed by atoms with Crippen molar-refractivity contribution in [2.45, 2.75) is 44.8 Å². The predicted octanol–water partition coefficient (Wildman–Crippen LogP) is 5.26. The molecule has 1 saturated carbocycles. The van der Waals surface area contributed by atoms with E-state index < -0.39 is 11.4 Å². The first-order chi connectivity index (χ1) is 17.0. The van der Waals surface area contributed by atoms with Gasteiger partial charge in [-0.25, -0.2) is 4.79 Å². The minimum atomic E-state index is -0.997. The Hall–Kier alpha value is -3.80. The first-order valence-electron chi connectivity index (χ1n) is 11.9. The molecule has 0 bridgehead atoms. The fraction of sp³-hybridized carbons (Fsp3) is 0.310. The smallest absolute Gasteiger partial charge is 0.336 e. The standard InChI is InChI=1S/C29H31NO5/c1-34-25-13-7-8-14-26(25)35-23-15-17-29(18-16-23,19-21-9-3-2-4-10-21)28(33)30-20-22-11-5-6-12-24(22)27(31)32/h2-14,23H,15-20H2,1H3,(H,30,33)(H,31,32). The van der Waals surface area contributed by atoms with Crippen molar-refractivity contribution in [1.82, 2.24) is 5.32 Å². The molecule has 1 aliphatic rings. The molecule has 35 heavy (non-hydrogen) atoms. The van der Waals surface area contributed by atoms with Crippen LogP contribution in [-0.4, -0.2) is 30.2 Å². The van der Waals surface area contributed by atoms with E-state index in [1.54, 1.807) is 31.4 Å². The molecule has 0 atom stereocenters. The van der Waals surface area contributed by atoms with Gasteiger partial charge in [-0.1, -0.05) is 60.7 Å². The number of ether oxygens (including phenoxy) is 2. The van der Waals surface area contributed by atoms with Gasteiger partial charge in [-0.2, -0.15) is 0 Å². The normalized spacial score (nSPS) is 19.5. The second-order valence-corrected chi connectivity index (χ2v) is 9.06. The van der Waals surface area contributed by atoms with Gasteiger partial charge in [0.25, 0.3) is 0 Å². The molecule has 1 fully saturated rings. The van der Waals surface area contributed by atoms with Crippen LogP contribution in [0.5, 0.6) is 11.5 Å². The quantitative estimate of drug-likeness (QED) is 0.443. The molecule has 0 heterocycles. The summed E-state index contributed by atoms with van der Waals surface area (Å²) in [6, 6.07) is 24.4. The van der Waals surface area contributed by atoms with Gasteiger partial charge in [-0.05, 0) is 61.4 Å². The number of carbonyl (C=O) groups is 2. The van der Waals surface area contributed by atoms with Gasteiger partial charge in [-0.15, -0.1) is 0 Å². The minimum Gasteiger partial charge on any atom is -0.493 e. The summed E-state index contributed by atoms with van der Waals surface area (Å²) in [4.78, 5) is 25.2. The number of carbonyl (C=O) groups excluding carboxylic acids is 1. The lowest BCUT2D eigenvalue weighted by Crippen LogP contribution is -2.46. The van der Waals surface area contributed by atoms with Crippen LogP contribution in [0.4, 0.5) is 0 Å². The number of amides is 1. The maximum Gasteiger partial charge on any atom is 0.336 e. The number of hydrogen-bond donors (Lipinski definition) is 2. The molecular formula is C29H31NO5. The van der Waals surface area contributed by atoms with Crippen LogP contribution in [0.25, 0.3) is 0 Å². The monoisotopic (exact) mass is 473 g/mol. The highest BCUT2D eigenvalue weighted by atomic mass is 16.5. The van der Waals surface area contributed by atoms with E-state index in [9.17, 15) is 14.7 Å². The summed E-state index contributed by atoms with van der Waals surface area (Å²) in [5, 5.41) is 12.5. The van der Waals surface area contributed by atoms with Crippen LogP contribution in [0, 0.1) is 5.41 Å². The number of hydrogen-bond acceptors (Lipinski definition) is 4. The molecule has 3 aromatic carbocycles. The topological polar surface area (TPSA) is 84.9 Å². The summed E-state index contributed by atoms with van der Waals surface area (Å²) in [6.07, 6.45) is 3.45. The van der Waals surface area contributed by atoms with Crippen molar-refractivity contribution in [3.8, 4) is 11.5 Å². The zero-order chi connectivity index (χ0) is 24.7. The lowest BCUT2D eigenvalue weighted by Gasteiger charge is -2.39. The van der Waals surface area contributed by atoms with Crippen molar-refractivity contribution in [3.05, 3.63) is 95.6 Å². The average Bonchev–Trinajstić information content (AvgIpc) is 2.89. The number of carboxylic acid groups (broad SMARTS) is 1. The highest BCUT2D eigenvalue weighted by Crippen LogP contribution is 2.42. The van der Waals surface area contributed by atoms with Crippen LogP contribution in [0.2, 0.25) is 0 Å². The fourth-order valence-corrected chi connectivity index (χ4v) is 4.87. The highest BCUT2D eigenvalue weighted by Gasteiger charge is 2.42. The summed E-state index contributed by atoms with van der Waals surface area (Å²) in [7, 11) is 1.63. The molecule has 6 heteroatoms. The van der Waals surface area contributed by atoms with E-state index in [4.69, 9.17) is 9.47 Å². The van der Waals surface area contributed by atoms with E-state index in [2.05, 4.69) is 5.32 Å². The zero-order valence-corrected chi connectivity index (χ0v) is 19.9. The van der Waals surface area contributed by atoms with Crippen molar-refractivity contribution < 1.29 is 24.2 Å². The van der Waals surface area contributed by atoms with Gasteiger partial charge in [0.15, 0.2) is 11.5 Å². The third-order valence-electron chi connectivity index (χ3n) is 6.81. The van der Waals surface area contributed by atoms with Gasteiger partial charge in [0.05, 0.1) is 24.2 Å². The molecule has 1 amide bonds. The van der Waals surface area contributed by atoms with Crippen molar-refractivity contribution >= 4 is 11.9 Å². The Labute approximate surface area is 205 Å². The molecule has 0 aliphatic heterocycles. The van der Waals surface area contributed by atoms with Crippen LogP contribution in [0.15, 0.2) is 78.9 Å². The van der Waals surface area contributed by atoms with Crippen molar-refractivity contribution in [2.24, 2.45) is 5.41 Å². The third kappa shape index (κ3) is 5.83. The molecule has 0 aromatic heterocycles. The Morgan fingerprint density at radius 3 is 2.23 bits per heavy atom. The third-order valence-corrected chi connectivity index (χ3v) is 6.81. The molecule has 3 aromatic rings. The van der Waals surface area contributed by atoms with Crippen molar-refractivity contribution in [3.63, 3.8) is 0 Å². The molecule has 1 aliphatic carbocycles. The molecule has 4 rings (SSSR count). The summed E-state index contributed by atoms with van der Waals surface area (Å²) >= 11 is 0. The van der Waals surface area contributed by atoms with Crippen LogP contribution in [-0.2, 0) is 17.8 Å². The van der Waals surface area contributed by atoms with Crippen LogP contribution >= 0.6 is 0 Å². The van der Waals surface area contributed by atoms with E-state index >= 15 is 0 Å². The Balaban J connectivity index is 1.49. The van der Waals surface area contributed by atoms with Crippen molar-refractivity contribution in [1.29, 1.82) is 0 Å². The summed E-state index contributed by atoms with van der Waals surface area (Å²) in [5.41, 5.74) is 1.33. The second kappa shape index (κ2) is 11.1. The molecule has 0 spiro atoms. The maximum atomic E-state index is 13.6.